The maximum Gasteiger partial charge on any atom is 0.135 e. The largest absolute Gasteiger partial charge is 0.509 e. The van der Waals surface area contributed by atoms with E-state index in [4.69, 9.17) is 22.0 Å². The molecule has 5 rings (SSSR count). The Labute approximate surface area is 189 Å². The average Bonchev–Trinajstić information content (AvgIpc) is 3.31. The van der Waals surface area contributed by atoms with Crippen molar-refractivity contribution in [1.29, 1.82) is 5.41 Å². The van der Waals surface area contributed by atoms with E-state index in [1.165, 1.54) is 11.3 Å². The van der Waals surface area contributed by atoms with Crippen molar-refractivity contribution in [2.75, 3.05) is 6.54 Å². The molecule has 0 unspecified atom stereocenters. The van der Waals surface area contributed by atoms with E-state index in [9.17, 15) is 5.11 Å². The number of para-hydroxylation sites is 1. The first-order valence-electron chi connectivity index (χ1n) is 10.1. The van der Waals surface area contributed by atoms with Crippen molar-refractivity contribution < 1.29 is 5.11 Å². The van der Waals surface area contributed by atoms with Crippen LogP contribution in [0.3, 0.4) is 0 Å². The smallest absolute Gasteiger partial charge is 0.135 e. The molecular formula is C25H20ClN3OS. The molecule has 4 aromatic rings. The number of halogens is 1. The fourth-order valence-electron chi connectivity index (χ4n) is 3.98. The minimum Gasteiger partial charge on any atom is -0.509 e. The molecule has 0 radical (unpaired) electrons. The van der Waals surface area contributed by atoms with E-state index in [0.29, 0.717) is 28.0 Å². The van der Waals surface area contributed by atoms with Gasteiger partial charge in [0.05, 0.1) is 15.8 Å². The van der Waals surface area contributed by atoms with Crippen molar-refractivity contribution in [3.8, 4) is 0 Å². The Hall–Kier alpha value is -3.15. The monoisotopic (exact) mass is 445 g/mol. The van der Waals surface area contributed by atoms with Crippen LogP contribution < -0.4 is 0 Å². The van der Waals surface area contributed by atoms with Crippen LogP contribution in [-0.2, 0) is 6.42 Å². The molecule has 0 saturated carbocycles. The zero-order chi connectivity index (χ0) is 21.4. The van der Waals surface area contributed by atoms with E-state index in [2.05, 4.69) is 0 Å². The Morgan fingerprint density at radius 3 is 2.42 bits per heavy atom. The summed E-state index contributed by atoms with van der Waals surface area (Å²) in [4.78, 5) is 6.66. The molecule has 1 atom stereocenters. The Kier molecular flexibility index (Phi) is 5.22. The first kappa shape index (κ1) is 19.8. The predicted molar refractivity (Wildman–Crippen MR) is 128 cm³/mol. The van der Waals surface area contributed by atoms with Gasteiger partial charge in [0.25, 0.3) is 0 Å². The molecule has 1 aliphatic heterocycles. The summed E-state index contributed by atoms with van der Waals surface area (Å²) >= 11 is 7.52. The SMILES string of the molecule is N=C1C(c2nc3ccccc3s2)=C(O)[C@@H](c2ccccc2)N1CCc1ccc(Cl)cc1. The van der Waals surface area contributed by atoms with Crippen molar-refractivity contribution in [2.45, 2.75) is 12.5 Å². The number of aliphatic hydroxyl groups is 1. The van der Waals surface area contributed by atoms with Crippen molar-refractivity contribution in [3.63, 3.8) is 0 Å². The Morgan fingerprint density at radius 2 is 1.68 bits per heavy atom. The molecule has 0 saturated heterocycles. The summed E-state index contributed by atoms with van der Waals surface area (Å²) in [6.45, 7) is 0.596. The number of benzene rings is 3. The summed E-state index contributed by atoms with van der Waals surface area (Å²) in [5, 5.41) is 21.6. The van der Waals surface area contributed by atoms with Gasteiger partial charge in [0.1, 0.15) is 22.6 Å². The van der Waals surface area contributed by atoms with E-state index in [1.807, 2.05) is 83.8 Å². The number of aromatic nitrogens is 1. The molecule has 0 amide bonds. The maximum atomic E-state index is 11.3. The van der Waals surface area contributed by atoms with E-state index in [-0.39, 0.29) is 5.76 Å². The summed E-state index contributed by atoms with van der Waals surface area (Å²) in [5.41, 5.74) is 3.49. The average molecular weight is 446 g/mol. The van der Waals surface area contributed by atoms with Crippen LogP contribution in [0.2, 0.25) is 5.02 Å². The van der Waals surface area contributed by atoms with Crippen LogP contribution in [0, 0.1) is 5.41 Å². The number of hydrogen-bond acceptors (Lipinski definition) is 4. The molecular weight excluding hydrogens is 426 g/mol. The van der Waals surface area contributed by atoms with Gasteiger partial charge in [-0.05, 0) is 41.8 Å². The van der Waals surface area contributed by atoms with Gasteiger partial charge in [-0.25, -0.2) is 4.98 Å². The van der Waals surface area contributed by atoms with Crippen molar-refractivity contribution >= 4 is 44.6 Å². The second-order valence-corrected chi connectivity index (χ2v) is 8.95. The van der Waals surface area contributed by atoms with Crippen LogP contribution in [0.1, 0.15) is 22.2 Å². The van der Waals surface area contributed by atoms with E-state index >= 15 is 0 Å². The number of fused-ring (bicyclic) bond motifs is 1. The molecule has 1 aliphatic rings. The van der Waals surface area contributed by atoms with E-state index in [0.717, 1.165) is 27.8 Å². The highest BCUT2D eigenvalue weighted by atomic mass is 35.5. The first-order chi connectivity index (χ1) is 15.1. The third kappa shape index (κ3) is 3.71. The topological polar surface area (TPSA) is 60.2 Å². The van der Waals surface area contributed by atoms with Gasteiger partial charge in [-0.15, -0.1) is 11.3 Å². The second kappa shape index (κ2) is 8.17. The number of nitrogens with one attached hydrogen (secondary N) is 1. The van der Waals surface area contributed by atoms with Crippen molar-refractivity contribution in [2.24, 2.45) is 0 Å². The minimum absolute atomic E-state index is 0.186. The van der Waals surface area contributed by atoms with Crippen molar-refractivity contribution in [3.05, 3.63) is 106 Å². The van der Waals surface area contributed by atoms with Crippen LogP contribution in [0.4, 0.5) is 0 Å². The molecule has 0 spiro atoms. The zero-order valence-corrected chi connectivity index (χ0v) is 18.2. The highest BCUT2D eigenvalue weighted by molar-refractivity contribution is 7.19. The zero-order valence-electron chi connectivity index (χ0n) is 16.6. The highest BCUT2D eigenvalue weighted by Crippen LogP contribution is 2.42. The van der Waals surface area contributed by atoms with Crippen LogP contribution in [-0.4, -0.2) is 27.4 Å². The summed E-state index contributed by atoms with van der Waals surface area (Å²) < 4.78 is 1.04. The predicted octanol–water partition coefficient (Wildman–Crippen LogP) is 6.50. The quantitative estimate of drug-likeness (QED) is 0.368. The number of hydrogen-bond donors (Lipinski definition) is 2. The van der Waals surface area contributed by atoms with E-state index in [1.54, 1.807) is 0 Å². The summed E-state index contributed by atoms with van der Waals surface area (Å²) in [6, 6.07) is 25.1. The van der Waals surface area contributed by atoms with Gasteiger partial charge in [0.2, 0.25) is 0 Å². The lowest BCUT2D eigenvalue weighted by atomic mass is 10.0. The number of rotatable bonds is 5. The third-order valence-electron chi connectivity index (χ3n) is 5.53. The molecule has 4 nitrogen and oxygen atoms in total. The first-order valence-corrected chi connectivity index (χ1v) is 11.3. The highest BCUT2D eigenvalue weighted by Gasteiger charge is 2.39. The summed E-state index contributed by atoms with van der Waals surface area (Å²) in [5.74, 6) is 0.491. The number of amidine groups is 1. The van der Waals surface area contributed by atoms with Crippen LogP contribution in [0.5, 0.6) is 0 Å². The standard InChI is InChI=1S/C25H20ClN3OS/c26-18-12-10-16(11-13-18)14-15-29-22(17-6-2-1-3-7-17)23(30)21(24(29)27)25-28-19-8-4-5-9-20(19)31-25/h1-13,22,27,30H,14-15H2/t22-/m1/s1. The Balaban J connectivity index is 1.52. The molecule has 0 fully saturated rings. The fourth-order valence-corrected chi connectivity index (χ4v) is 5.13. The van der Waals surface area contributed by atoms with Gasteiger partial charge in [-0.3, -0.25) is 5.41 Å². The summed E-state index contributed by atoms with van der Waals surface area (Å²) in [6.07, 6.45) is 0.739. The normalized spacial score (nSPS) is 16.5. The number of nitrogens with zero attached hydrogens (tertiary/aromatic N) is 2. The molecule has 3 aromatic carbocycles. The molecule has 31 heavy (non-hydrogen) atoms. The molecule has 2 heterocycles. The molecule has 154 valence electrons. The van der Waals surface area contributed by atoms with Gasteiger partial charge < -0.3 is 10.0 Å². The van der Waals surface area contributed by atoms with Crippen molar-refractivity contribution in [1.82, 2.24) is 9.88 Å². The van der Waals surface area contributed by atoms with Gasteiger partial charge in [-0.1, -0.05) is 66.2 Å². The van der Waals surface area contributed by atoms with Gasteiger partial charge in [0, 0.05) is 11.6 Å². The van der Waals surface area contributed by atoms with Gasteiger partial charge in [0.15, 0.2) is 0 Å². The number of aliphatic hydroxyl groups excluding tert-OH is 1. The second-order valence-electron chi connectivity index (χ2n) is 7.48. The number of thiazole rings is 1. The summed E-state index contributed by atoms with van der Waals surface area (Å²) in [7, 11) is 0. The molecule has 1 aromatic heterocycles. The van der Waals surface area contributed by atoms with Gasteiger partial charge >= 0.3 is 0 Å². The minimum atomic E-state index is -0.400. The van der Waals surface area contributed by atoms with Gasteiger partial charge in [-0.2, -0.15) is 0 Å². The molecule has 0 bridgehead atoms. The molecule has 6 heteroatoms. The lowest BCUT2D eigenvalue weighted by Crippen LogP contribution is -2.31. The Morgan fingerprint density at radius 1 is 0.968 bits per heavy atom. The Bertz CT molecular complexity index is 1250. The van der Waals surface area contributed by atoms with Crippen LogP contribution >= 0.6 is 22.9 Å². The fraction of sp³-hybridized carbons (Fsp3) is 0.120. The van der Waals surface area contributed by atoms with Crippen LogP contribution in [0.25, 0.3) is 15.8 Å². The molecule has 0 aliphatic carbocycles. The van der Waals surface area contributed by atoms with Crippen LogP contribution in [0.15, 0.2) is 84.6 Å². The maximum absolute atomic E-state index is 11.3. The molecule has 2 N–H and O–H groups in total. The third-order valence-corrected chi connectivity index (χ3v) is 6.83. The van der Waals surface area contributed by atoms with E-state index < -0.39 is 6.04 Å². The lowest BCUT2D eigenvalue weighted by Gasteiger charge is -2.27. The lowest BCUT2D eigenvalue weighted by molar-refractivity contribution is 0.276.